The molecule has 1 heterocycles. The quantitative estimate of drug-likeness (QED) is 0.827. The number of nitrogens with one attached hydrogen (secondary N) is 1. The Hall–Kier alpha value is -1.77. The third-order valence-electron chi connectivity index (χ3n) is 2.27. The number of rotatable bonds is 4. The molecule has 0 aliphatic rings. The molecule has 0 saturated heterocycles. The fraction of sp³-hybridized carbons (Fsp3) is 0.250. The van der Waals surface area contributed by atoms with E-state index in [-0.39, 0.29) is 0 Å². The number of anilines is 1. The molecule has 3 nitrogen and oxygen atoms in total. The van der Waals surface area contributed by atoms with Crippen molar-refractivity contribution >= 4 is 6.01 Å². The Morgan fingerprint density at radius 1 is 1.20 bits per heavy atom. The minimum absolute atomic E-state index is 0.582. The first-order chi connectivity index (χ1) is 7.38. The second-order valence-corrected chi connectivity index (χ2v) is 3.37. The molecule has 0 bridgehead atoms. The Morgan fingerprint density at radius 2 is 2.00 bits per heavy atom. The maximum Gasteiger partial charge on any atom is 0.294 e. The lowest BCUT2D eigenvalue weighted by Crippen LogP contribution is -1.89. The van der Waals surface area contributed by atoms with Crippen LogP contribution in [0.5, 0.6) is 0 Å². The van der Waals surface area contributed by atoms with Crippen molar-refractivity contribution in [3.63, 3.8) is 0 Å². The molecule has 0 aliphatic carbocycles. The van der Waals surface area contributed by atoms with Crippen molar-refractivity contribution in [3.8, 4) is 0 Å². The maximum absolute atomic E-state index is 5.43. The Balaban J connectivity index is 1.93. The summed E-state index contributed by atoms with van der Waals surface area (Å²) in [6.45, 7) is 0. The van der Waals surface area contributed by atoms with Crippen LogP contribution in [0.25, 0.3) is 0 Å². The monoisotopic (exact) mass is 202 g/mol. The Labute approximate surface area is 89.1 Å². The van der Waals surface area contributed by atoms with E-state index in [4.69, 9.17) is 4.42 Å². The summed E-state index contributed by atoms with van der Waals surface area (Å²) in [5.41, 5.74) is 1.32. The van der Waals surface area contributed by atoms with Crippen LogP contribution in [0.15, 0.2) is 40.9 Å². The van der Waals surface area contributed by atoms with Crippen molar-refractivity contribution < 1.29 is 4.42 Å². The van der Waals surface area contributed by atoms with E-state index in [0.717, 1.165) is 18.6 Å². The van der Waals surface area contributed by atoms with Crippen molar-refractivity contribution in [1.29, 1.82) is 0 Å². The molecule has 0 fully saturated rings. The number of benzene rings is 1. The largest absolute Gasteiger partial charge is 0.429 e. The molecule has 2 aromatic rings. The summed E-state index contributed by atoms with van der Waals surface area (Å²) >= 11 is 0. The summed E-state index contributed by atoms with van der Waals surface area (Å²) in [7, 11) is 1.80. The van der Waals surface area contributed by atoms with E-state index < -0.39 is 0 Å². The van der Waals surface area contributed by atoms with Crippen molar-refractivity contribution in [1.82, 2.24) is 4.98 Å². The Bertz CT molecular complexity index is 409. The highest BCUT2D eigenvalue weighted by Gasteiger charge is 2.01. The molecular formula is C12H14N2O. The molecule has 0 spiro atoms. The first kappa shape index (κ1) is 9.77. The lowest BCUT2D eigenvalue weighted by Gasteiger charge is -1.97. The minimum Gasteiger partial charge on any atom is -0.429 e. The molecule has 0 aliphatic heterocycles. The number of oxazole rings is 1. The van der Waals surface area contributed by atoms with Gasteiger partial charge in [-0.1, -0.05) is 30.3 Å². The molecule has 0 amide bonds. The second kappa shape index (κ2) is 4.64. The Kier molecular flexibility index (Phi) is 3.02. The van der Waals surface area contributed by atoms with Crippen LogP contribution in [0, 0.1) is 0 Å². The van der Waals surface area contributed by atoms with E-state index in [0.29, 0.717) is 6.01 Å². The molecule has 0 radical (unpaired) electrons. The highest BCUT2D eigenvalue weighted by atomic mass is 16.4. The van der Waals surface area contributed by atoms with Crippen molar-refractivity contribution in [2.75, 3.05) is 12.4 Å². The molecule has 0 saturated carbocycles. The number of hydrogen-bond donors (Lipinski definition) is 1. The molecule has 15 heavy (non-hydrogen) atoms. The van der Waals surface area contributed by atoms with Crippen LogP contribution in [0.2, 0.25) is 0 Å². The highest BCUT2D eigenvalue weighted by Crippen LogP contribution is 2.11. The van der Waals surface area contributed by atoms with Crippen LogP contribution in [-0.4, -0.2) is 12.0 Å². The standard InChI is InChI=1S/C12H14N2O/c1-13-12-14-9-11(15-12)8-7-10-5-3-2-4-6-10/h2-6,9H,7-8H2,1H3,(H,13,14). The zero-order valence-corrected chi connectivity index (χ0v) is 8.73. The van der Waals surface area contributed by atoms with Gasteiger partial charge in [-0.15, -0.1) is 0 Å². The number of nitrogens with zero attached hydrogens (tertiary/aromatic N) is 1. The predicted molar refractivity (Wildman–Crippen MR) is 59.9 cm³/mol. The molecule has 2 rings (SSSR count). The van der Waals surface area contributed by atoms with E-state index in [2.05, 4.69) is 34.6 Å². The lowest BCUT2D eigenvalue weighted by molar-refractivity contribution is 0.518. The van der Waals surface area contributed by atoms with E-state index in [9.17, 15) is 0 Å². The average molecular weight is 202 g/mol. The SMILES string of the molecule is CNc1ncc(CCc2ccccc2)o1. The van der Waals surface area contributed by atoms with Gasteiger partial charge >= 0.3 is 0 Å². The molecular weight excluding hydrogens is 188 g/mol. The Morgan fingerprint density at radius 3 is 2.67 bits per heavy atom. The van der Waals surface area contributed by atoms with Gasteiger partial charge in [0.1, 0.15) is 5.76 Å². The van der Waals surface area contributed by atoms with E-state index >= 15 is 0 Å². The van der Waals surface area contributed by atoms with Crippen LogP contribution in [0.4, 0.5) is 6.01 Å². The zero-order valence-electron chi connectivity index (χ0n) is 8.73. The van der Waals surface area contributed by atoms with E-state index in [1.54, 1.807) is 13.2 Å². The zero-order chi connectivity index (χ0) is 10.5. The summed E-state index contributed by atoms with van der Waals surface area (Å²) in [6.07, 6.45) is 3.65. The van der Waals surface area contributed by atoms with Crippen LogP contribution in [0.3, 0.4) is 0 Å². The van der Waals surface area contributed by atoms with Gasteiger partial charge in [0.05, 0.1) is 6.20 Å². The molecule has 1 aromatic carbocycles. The molecule has 1 N–H and O–H groups in total. The van der Waals surface area contributed by atoms with Crippen molar-refractivity contribution in [3.05, 3.63) is 47.9 Å². The normalized spacial score (nSPS) is 10.2. The van der Waals surface area contributed by atoms with Gasteiger partial charge in [0.2, 0.25) is 0 Å². The van der Waals surface area contributed by atoms with Gasteiger partial charge in [-0.2, -0.15) is 0 Å². The number of aromatic nitrogens is 1. The first-order valence-corrected chi connectivity index (χ1v) is 5.05. The first-order valence-electron chi connectivity index (χ1n) is 5.05. The van der Waals surface area contributed by atoms with Crippen LogP contribution < -0.4 is 5.32 Å². The number of aryl methyl sites for hydroxylation is 2. The fourth-order valence-corrected chi connectivity index (χ4v) is 1.45. The van der Waals surface area contributed by atoms with Crippen molar-refractivity contribution in [2.45, 2.75) is 12.8 Å². The second-order valence-electron chi connectivity index (χ2n) is 3.37. The van der Waals surface area contributed by atoms with Crippen LogP contribution in [0.1, 0.15) is 11.3 Å². The lowest BCUT2D eigenvalue weighted by atomic mass is 10.1. The maximum atomic E-state index is 5.43. The summed E-state index contributed by atoms with van der Waals surface area (Å²) < 4.78 is 5.43. The number of hydrogen-bond acceptors (Lipinski definition) is 3. The van der Waals surface area contributed by atoms with Gasteiger partial charge in [-0.05, 0) is 12.0 Å². The summed E-state index contributed by atoms with van der Waals surface area (Å²) in [4.78, 5) is 4.07. The predicted octanol–water partition coefficient (Wildman–Crippen LogP) is 2.50. The topological polar surface area (TPSA) is 38.1 Å². The fourth-order valence-electron chi connectivity index (χ4n) is 1.45. The van der Waals surface area contributed by atoms with Gasteiger partial charge in [0.15, 0.2) is 0 Å². The smallest absolute Gasteiger partial charge is 0.294 e. The third kappa shape index (κ3) is 2.59. The molecule has 0 unspecified atom stereocenters. The molecule has 1 aromatic heterocycles. The summed E-state index contributed by atoms with van der Waals surface area (Å²) in [6, 6.07) is 10.9. The molecule has 3 heteroatoms. The van der Waals surface area contributed by atoms with Gasteiger partial charge in [0, 0.05) is 13.5 Å². The third-order valence-corrected chi connectivity index (χ3v) is 2.27. The van der Waals surface area contributed by atoms with E-state index in [1.807, 2.05) is 6.07 Å². The van der Waals surface area contributed by atoms with Gasteiger partial charge in [0.25, 0.3) is 6.01 Å². The summed E-state index contributed by atoms with van der Waals surface area (Å²) in [5.74, 6) is 0.920. The van der Waals surface area contributed by atoms with Crippen LogP contribution in [-0.2, 0) is 12.8 Å². The summed E-state index contributed by atoms with van der Waals surface area (Å²) in [5, 5.41) is 2.87. The highest BCUT2D eigenvalue weighted by molar-refractivity contribution is 5.20. The molecule has 78 valence electrons. The van der Waals surface area contributed by atoms with Gasteiger partial charge in [-0.3, -0.25) is 0 Å². The average Bonchev–Trinajstić information content (AvgIpc) is 2.76. The van der Waals surface area contributed by atoms with Crippen LogP contribution >= 0.6 is 0 Å². The molecule has 0 atom stereocenters. The minimum atomic E-state index is 0.582. The van der Waals surface area contributed by atoms with Gasteiger partial charge in [-0.25, -0.2) is 4.98 Å². The van der Waals surface area contributed by atoms with Gasteiger partial charge < -0.3 is 9.73 Å². The van der Waals surface area contributed by atoms with Crippen molar-refractivity contribution in [2.24, 2.45) is 0 Å². The van der Waals surface area contributed by atoms with E-state index in [1.165, 1.54) is 5.56 Å².